The minimum absolute atomic E-state index is 0.0156. The van der Waals surface area contributed by atoms with Gasteiger partial charge in [0.2, 0.25) is 0 Å². The monoisotopic (exact) mass is 473 g/mol. The minimum atomic E-state index is -0.671. The fourth-order valence-corrected chi connectivity index (χ4v) is 6.19. The van der Waals surface area contributed by atoms with Gasteiger partial charge in [-0.25, -0.2) is 15.0 Å². The van der Waals surface area contributed by atoms with Gasteiger partial charge in [-0.05, 0) is 46.4 Å². The first-order valence-electron chi connectivity index (χ1n) is 10.7. The molecule has 3 aromatic rings. The van der Waals surface area contributed by atoms with Crippen LogP contribution in [0.2, 0.25) is 0 Å². The van der Waals surface area contributed by atoms with Crippen LogP contribution in [0.5, 0.6) is 0 Å². The normalized spacial score (nSPS) is 26.6. The van der Waals surface area contributed by atoms with Crippen molar-refractivity contribution in [3.05, 3.63) is 23.7 Å². The molecule has 2 N–H and O–H groups in total. The van der Waals surface area contributed by atoms with E-state index in [4.69, 9.17) is 19.4 Å². The van der Waals surface area contributed by atoms with E-state index < -0.39 is 5.79 Å². The molecule has 2 aliphatic rings. The first-order valence-corrected chi connectivity index (χ1v) is 12.7. The lowest BCUT2D eigenvalue weighted by atomic mass is 10.1. The molecular weight excluding hydrogens is 446 g/mol. The summed E-state index contributed by atoms with van der Waals surface area (Å²) in [7, 11) is 0. The molecule has 0 bridgehead atoms. The maximum Gasteiger partial charge on any atom is 0.189 e. The lowest BCUT2D eigenvalue weighted by molar-refractivity contribution is -0.158. The molecule has 4 heterocycles. The molecule has 2 fully saturated rings. The van der Waals surface area contributed by atoms with Crippen LogP contribution in [-0.4, -0.2) is 61.9 Å². The van der Waals surface area contributed by atoms with Crippen molar-refractivity contribution in [2.24, 2.45) is 5.92 Å². The molecule has 10 heteroatoms. The van der Waals surface area contributed by atoms with Gasteiger partial charge < -0.3 is 19.9 Å². The Hall–Kier alpha value is -1.85. The van der Waals surface area contributed by atoms with Crippen molar-refractivity contribution in [3.8, 4) is 10.6 Å². The van der Waals surface area contributed by atoms with Gasteiger partial charge in [0.15, 0.2) is 10.9 Å². The molecule has 4 atom stereocenters. The standard InChI is InChI=1S/C22H27N5O3S2/c1-10-15(20-26-16-11(2)23-7-6-14(16)32-20)19(27-21(24-10)31-5)25-13-8-12(9-28)17-18(13)30-22(3,4)29-17/h6-7,12-13,17-18,28H,8-9H2,1-5H3,(H,24,25,27). The fourth-order valence-electron chi connectivity index (χ4n) is 4.67. The summed E-state index contributed by atoms with van der Waals surface area (Å²) in [5, 5.41) is 15.1. The van der Waals surface area contributed by atoms with E-state index in [9.17, 15) is 5.11 Å². The summed E-state index contributed by atoms with van der Waals surface area (Å²) in [5.41, 5.74) is 3.57. The van der Waals surface area contributed by atoms with Crippen LogP contribution >= 0.6 is 23.1 Å². The van der Waals surface area contributed by atoms with Gasteiger partial charge >= 0.3 is 0 Å². The smallest absolute Gasteiger partial charge is 0.189 e. The summed E-state index contributed by atoms with van der Waals surface area (Å²) in [4.78, 5) is 18.8. The van der Waals surface area contributed by atoms with Gasteiger partial charge in [-0.2, -0.15) is 0 Å². The number of aromatic nitrogens is 4. The van der Waals surface area contributed by atoms with E-state index in [0.717, 1.165) is 44.4 Å². The lowest BCUT2D eigenvalue weighted by Gasteiger charge is -2.24. The van der Waals surface area contributed by atoms with Crippen LogP contribution in [0.15, 0.2) is 17.4 Å². The van der Waals surface area contributed by atoms with E-state index in [0.29, 0.717) is 5.16 Å². The zero-order valence-corrected chi connectivity index (χ0v) is 20.4. The number of rotatable bonds is 5. The minimum Gasteiger partial charge on any atom is -0.396 e. The van der Waals surface area contributed by atoms with Crippen molar-refractivity contribution in [1.29, 1.82) is 0 Å². The predicted molar refractivity (Wildman–Crippen MR) is 126 cm³/mol. The number of nitrogens with zero attached hydrogens (tertiary/aromatic N) is 4. The molecule has 1 aliphatic carbocycles. The third-order valence-electron chi connectivity index (χ3n) is 6.09. The maximum absolute atomic E-state index is 9.93. The Kier molecular flexibility index (Phi) is 5.61. The zero-order chi connectivity index (χ0) is 22.6. The van der Waals surface area contributed by atoms with Crippen molar-refractivity contribution < 1.29 is 14.6 Å². The highest BCUT2D eigenvalue weighted by Crippen LogP contribution is 2.44. The van der Waals surface area contributed by atoms with Gasteiger partial charge in [0.05, 0.1) is 33.8 Å². The molecular formula is C22H27N5O3S2. The molecule has 0 aromatic carbocycles. The molecule has 4 unspecified atom stereocenters. The molecule has 5 rings (SSSR count). The Labute approximate surface area is 195 Å². The Morgan fingerprint density at radius 2 is 1.97 bits per heavy atom. The molecule has 8 nitrogen and oxygen atoms in total. The van der Waals surface area contributed by atoms with Crippen LogP contribution in [0.1, 0.15) is 31.7 Å². The highest BCUT2D eigenvalue weighted by atomic mass is 32.2. The number of hydrogen-bond donors (Lipinski definition) is 2. The summed E-state index contributed by atoms with van der Waals surface area (Å²) in [5.74, 6) is 0.0826. The summed E-state index contributed by atoms with van der Waals surface area (Å²) >= 11 is 3.12. The van der Waals surface area contributed by atoms with Gasteiger partial charge in [-0.15, -0.1) is 11.3 Å². The second-order valence-electron chi connectivity index (χ2n) is 8.78. The molecule has 1 aliphatic heterocycles. The average molecular weight is 474 g/mol. The molecule has 0 radical (unpaired) electrons. The second-order valence-corrected chi connectivity index (χ2v) is 10.6. The van der Waals surface area contributed by atoms with Crippen LogP contribution < -0.4 is 5.32 Å². The lowest BCUT2D eigenvalue weighted by Crippen LogP contribution is -2.35. The summed E-state index contributed by atoms with van der Waals surface area (Å²) < 4.78 is 13.4. The van der Waals surface area contributed by atoms with Crippen LogP contribution in [0.25, 0.3) is 20.8 Å². The number of thiazole rings is 1. The molecule has 1 saturated heterocycles. The number of aliphatic hydroxyl groups is 1. The molecule has 0 amide bonds. The molecule has 0 spiro atoms. The number of nitrogens with one attached hydrogen (secondary N) is 1. The predicted octanol–water partition coefficient (Wildman–Crippen LogP) is 3.80. The molecule has 32 heavy (non-hydrogen) atoms. The number of aryl methyl sites for hydroxylation is 2. The van der Waals surface area contributed by atoms with Gasteiger partial charge in [0.1, 0.15) is 22.4 Å². The first-order chi connectivity index (χ1) is 15.3. The van der Waals surface area contributed by atoms with Crippen LogP contribution in [0.3, 0.4) is 0 Å². The highest BCUT2D eigenvalue weighted by molar-refractivity contribution is 7.98. The van der Waals surface area contributed by atoms with Crippen molar-refractivity contribution >= 4 is 39.1 Å². The molecule has 170 valence electrons. The number of aliphatic hydroxyl groups excluding tert-OH is 1. The Bertz CT molecular complexity index is 1170. The highest BCUT2D eigenvalue weighted by Gasteiger charge is 2.54. The Morgan fingerprint density at radius 3 is 2.69 bits per heavy atom. The molecule has 3 aromatic heterocycles. The third kappa shape index (κ3) is 3.77. The number of pyridine rings is 1. The number of ether oxygens (including phenoxy) is 2. The maximum atomic E-state index is 9.93. The van der Waals surface area contributed by atoms with Crippen molar-refractivity contribution in [2.75, 3.05) is 18.2 Å². The van der Waals surface area contributed by atoms with Crippen molar-refractivity contribution in [2.45, 2.75) is 63.3 Å². The average Bonchev–Trinajstić information content (AvgIpc) is 3.39. The van der Waals surface area contributed by atoms with Crippen molar-refractivity contribution in [1.82, 2.24) is 19.9 Å². The zero-order valence-electron chi connectivity index (χ0n) is 18.7. The van der Waals surface area contributed by atoms with Crippen LogP contribution in [0, 0.1) is 19.8 Å². The number of thioether (sulfide) groups is 1. The van der Waals surface area contributed by atoms with Crippen LogP contribution in [-0.2, 0) is 9.47 Å². The van der Waals surface area contributed by atoms with E-state index >= 15 is 0 Å². The number of anilines is 1. The summed E-state index contributed by atoms with van der Waals surface area (Å²) in [6.07, 6.45) is 4.21. The van der Waals surface area contributed by atoms with E-state index in [2.05, 4.69) is 15.3 Å². The number of hydrogen-bond acceptors (Lipinski definition) is 10. The van der Waals surface area contributed by atoms with E-state index in [1.165, 1.54) is 11.8 Å². The van der Waals surface area contributed by atoms with Gasteiger partial charge in [-0.1, -0.05) is 11.8 Å². The van der Waals surface area contributed by atoms with Gasteiger partial charge in [-0.3, -0.25) is 4.98 Å². The Morgan fingerprint density at radius 1 is 1.19 bits per heavy atom. The first kappa shape index (κ1) is 22.0. The summed E-state index contributed by atoms with van der Waals surface area (Å²) in [6.45, 7) is 7.86. The van der Waals surface area contributed by atoms with Crippen LogP contribution in [0.4, 0.5) is 5.82 Å². The van der Waals surface area contributed by atoms with Crippen molar-refractivity contribution in [3.63, 3.8) is 0 Å². The topological polar surface area (TPSA) is 102 Å². The quantitative estimate of drug-likeness (QED) is 0.423. The summed E-state index contributed by atoms with van der Waals surface area (Å²) in [6, 6.07) is 1.95. The molecule has 1 saturated carbocycles. The largest absolute Gasteiger partial charge is 0.396 e. The number of fused-ring (bicyclic) bond motifs is 2. The van der Waals surface area contributed by atoms with Gasteiger partial charge in [0, 0.05) is 18.7 Å². The third-order valence-corrected chi connectivity index (χ3v) is 7.68. The SMILES string of the molecule is CSc1nc(C)c(-c2nc3c(C)nccc3s2)c(NC2CC(CO)C3OC(C)(C)OC23)n1. The van der Waals surface area contributed by atoms with Gasteiger partial charge in [0.25, 0.3) is 0 Å². The van der Waals surface area contributed by atoms with E-state index in [1.54, 1.807) is 11.3 Å². The Balaban J connectivity index is 1.56. The fraction of sp³-hybridized carbons (Fsp3) is 0.545. The van der Waals surface area contributed by atoms with E-state index in [1.807, 2.05) is 46.2 Å². The van der Waals surface area contributed by atoms with E-state index in [-0.39, 0.29) is 30.8 Å². The second kappa shape index (κ2) is 8.18.